The number of rotatable bonds is 6. The lowest BCUT2D eigenvalue weighted by atomic mass is 10.0. The molecule has 1 aliphatic carbocycles. The lowest BCUT2D eigenvalue weighted by Crippen LogP contribution is -2.21. The van der Waals surface area contributed by atoms with Crippen molar-refractivity contribution in [2.75, 3.05) is 13.2 Å². The number of fused-ring (bicyclic) bond motifs is 1. The molecular weight excluding hydrogens is 278 g/mol. The van der Waals surface area contributed by atoms with Gasteiger partial charge in [-0.3, -0.25) is 0 Å². The highest BCUT2D eigenvalue weighted by molar-refractivity contribution is 7.12. The molecule has 1 aromatic carbocycles. The average Bonchev–Trinajstić information content (AvgIpc) is 3.07. The first-order valence-electron chi connectivity index (χ1n) is 7.90. The maximum Gasteiger partial charge on any atom is 0.124 e. The van der Waals surface area contributed by atoms with Gasteiger partial charge >= 0.3 is 0 Å². The van der Waals surface area contributed by atoms with Crippen LogP contribution in [0.2, 0.25) is 0 Å². The van der Waals surface area contributed by atoms with Gasteiger partial charge in [0.05, 0.1) is 12.6 Å². The molecule has 2 aromatic rings. The molecule has 0 amide bonds. The summed E-state index contributed by atoms with van der Waals surface area (Å²) >= 11 is 1.97. The van der Waals surface area contributed by atoms with Crippen molar-refractivity contribution < 1.29 is 4.74 Å². The van der Waals surface area contributed by atoms with Gasteiger partial charge in [-0.2, -0.15) is 0 Å². The van der Waals surface area contributed by atoms with Crippen molar-refractivity contribution >= 4 is 11.3 Å². The Hall–Kier alpha value is -1.32. The van der Waals surface area contributed by atoms with Gasteiger partial charge in [-0.15, -0.1) is 11.3 Å². The summed E-state index contributed by atoms with van der Waals surface area (Å²) < 4.78 is 5.83. The van der Waals surface area contributed by atoms with E-state index in [-0.39, 0.29) is 6.04 Å². The van der Waals surface area contributed by atoms with Crippen molar-refractivity contribution in [2.45, 2.75) is 39.2 Å². The first kappa shape index (κ1) is 14.6. The maximum atomic E-state index is 5.83. The fourth-order valence-electron chi connectivity index (χ4n) is 3.07. The minimum Gasteiger partial charge on any atom is -0.494 e. The van der Waals surface area contributed by atoms with Crippen LogP contribution in [0, 0.1) is 0 Å². The van der Waals surface area contributed by atoms with E-state index in [2.05, 4.69) is 36.5 Å². The van der Waals surface area contributed by atoms with Crippen molar-refractivity contribution in [1.29, 1.82) is 0 Å². The topological polar surface area (TPSA) is 21.3 Å². The molecule has 0 bridgehead atoms. The molecule has 1 atom stereocenters. The highest BCUT2D eigenvalue weighted by Crippen LogP contribution is 2.38. The molecular formula is C18H23NOS. The average molecular weight is 301 g/mol. The minimum atomic E-state index is 0.244. The highest BCUT2D eigenvalue weighted by Gasteiger charge is 2.23. The first-order chi connectivity index (χ1) is 10.3. The van der Waals surface area contributed by atoms with Crippen molar-refractivity contribution in [1.82, 2.24) is 5.32 Å². The summed E-state index contributed by atoms with van der Waals surface area (Å²) in [5.41, 5.74) is 2.81. The van der Waals surface area contributed by atoms with Crippen LogP contribution >= 0.6 is 11.3 Å². The van der Waals surface area contributed by atoms with E-state index in [1.54, 1.807) is 10.4 Å². The first-order valence-corrected chi connectivity index (χ1v) is 8.71. The molecule has 0 saturated heterocycles. The summed E-state index contributed by atoms with van der Waals surface area (Å²) in [6, 6.07) is 11.1. The van der Waals surface area contributed by atoms with E-state index in [9.17, 15) is 0 Å². The fourth-order valence-corrected chi connectivity index (χ4v) is 4.42. The molecule has 21 heavy (non-hydrogen) atoms. The van der Waals surface area contributed by atoms with Crippen LogP contribution in [0.15, 0.2) is 30.3 Å². The molecule has 0 saturated carbocycles. The highest BCUT2D eigenvalue weighted by atomic mass is 32.1. The van der Waals surface area contributed by atoms with Crippen LogP contribution in [0.25, 0.3) is 0 Å². The van der Waals surface area contributed by atoms with E-state index < -0.39 is 0 Å². The van der Waals surface area contributed by atoms with E-state index in [0.717, 1.165) is 12.3 Å². The van der Waals surface area contributed by atoms with Crippen LogP contribution < -0.4 is 10.1 Å². The van der Waals surface area contributed by atoms with Crippen molar-refractivity contribution in [3.63, 3.8) is 0 Å². The Bertz CT molecular complexity index is 584. The summed E-state index contributed by atoms with van der Waals surface area (Å²) in [5, 5.41) is 3.63. The lowest BCUT2D eigenvalue weighted by molar-refractivity contribution is 0.334. The van der Waals surface area contributed by atoms with Crippen molar-refractivity contribution in [2.24, 2.45) is 0 Å². The maximum absolute atomic E-state index is 5.83. The van der Waals surface area contributed by atoms with Crippen LogP contribution in [0.3, 0.4) is 0 Å². The Labute approximate surface area is 131 Å². The molecule has 1 N–H and O–H groups in total. The van der Waals surface area contributed by atoms with Gasteiger partial charge in [0.1, 0.15) is 5.75 Å². The number of thiophene rings is 1. The third-order valence-corrected chi connectivity index (χ3v) is 5.29. The molecule has 1 aliphatic rings. The monoisotopic (exact) mass is 301 g/mol. The molecule has 112 valence electrons. The molecule has 0 aliphatic heterocycles. The SMILES string of the molecule is CCNC(c1cc2c(s1)CCC2)c1ccccc1OCC. The second-order valence-electron chi connectivity index (χ2n) is 5.41. The minimum absolute atomic E-state index is 0.244. The molecule has 1 heterocycles. The number of nitrogens with one attached hydrogen (secondary N) is 1. The summed E-state index contributed by atoms with van der Waals surface area (Å²) in [7, 11) is 0. The second-order valence-corrected chi connectivity index (χ2v) is 6.58. The van der Waals surface area contributed by atoms with E-state index in [1.165, 1.54) is 29.7 Å². The molecule has 2 nitrogen and oxygen atoms in total. The van der Waals surface area contributed by atoms with Crippen LogP contribution in [0.5, 0.6) is 5.75 Å². The van der Waals surface area contributed by atoms with Crippen LogP contribution in [-0.4, -0.2) is 13.2 Å². The number of aryl methyl sites for hydroxylation is 2. The Balaban J connectivity index is 1.97. The Morgan fingerprint density at radius 1 is 1.24 bits per heavy atom. The summed E-state index contributed by atoms with van der Waals surface area (Å²) in [4.78, 5) is 3.01. The predicted molar refractivity (Wildman–Crippen MR) is 89.5 cm³/mol. The second kappa shape index (κ2) is 6.63. The van der Waals surface area contributed by atoms with Gasteiger partial charge < -0.3 is 10.1 Å². The van der Waals surface area contributed by atoms with Gasteiger partial charge in [0, 0.05) is 15.3 Å². The molecule has 0 spiro atoms. The predicted octanol–water partition coefficient (Wildman–Crippen LogP) is 4.33. The van der Waals surface area contributed by atoms with E-state index >= 15 is 0 Å². The Kier molecular flexibility index (Phi) is 4.61. The van der Waals surface area contributed by atoms with E-state index in [0.29, 0.717) is 6.61 Å². The summed E-state index contributed by atoms with van der Waals surface area (Å²) in [5.74, 6) is 1.000. The quantitative estimate of drug-likeness (QED) is 0.857. The number of para-hydroxylation sites is 1. The van der Waals surface area contributed by atoms with Crippen LogP contribution in [0.1, 0.15) is 47.2 Å². The van der Waals surface area contributed by atoms with E-state index in [1.807, 2.05) is 24.3 Å². The third kappa shape index (κ3) is 2.99. The molecule has 1 aromatic heterocycles. The van der Waals surface area contributed by atoms with Gasteiger partial charge in [-0.05, 0) is 50.4 Å². The number of hydrogen-bond acceptors (Lipinski definition) is 3. The largest absolute Gasteiger partial charge is 0.494 e. The number of benzene rings is 1. The van der Waals surface area contributed by atoms with Gasteiger partial charge in [0.25, 0.3) is 0 Å². The standard InChI is InChI=1S/C18H23NOS/c1-3-19-18(14-9-5-6-10-15(14)20-4-2)17-12-13-8-7-11-16(13)21-17/h5-6,9-10,12,18-19H,3-4,7-8,11H2,1-2H3. The molecule has 0 fully saturated rings. The van der Waals surface area contributed by atoms with E-state index in [4.69, 9.17) is 4.74 Å². The van der Waals surface area contributed by atoms with Crippen LogP contribution in [0.4, 0.5) is 0 Å². The Morgan fingerprint density at radius 3 is 2.86 bits per heavy atom. The zero-order valence-corrected chi connectivity index (χ0v) is 13.6. The lowest BCUT2D eigenvalue weighted by Gasteiger charge is -2.20. The summed E-state index contributed by atoms with van der Waals surface area (Å²) in [6.45, 7) is 5.86. The van der Waals surface area contributed by atoms with Gasteiger partial charge in [-0.1, -0.05) is 25.1 Å². The van der Waals surface area contributed by atoms with Crippen LogP contribution in [-0.2, 0) is 12.8 Å². The van der Waals surface area contributed by atoms with Crippen molar-refractivity contribution in [3.8, 4) is 5.75 Å². The zero-order valence-electron chi connectivity index (χ0n) is 12.8. The van der Waals surface area contributed by atoms with Gasteiger partial charge in [-0.25, -0.2) is 0 Å². The van der Waals surface area contributed by atoms with Gasteiger partial charge in [0.2, 0.25) is 0 Å². The fraction of sp³-hybridized carbons (Fsp3) is 0.444. The Morgan fingerprint density at radius 2 is 2.10 bits per heavy atom. The molecule has 3 heteroatoms. The zero-order chi connectivity index (χ0) is 14.7. The normalized spacial score (nSPS) is 15.0. The summed E-state index contributed by atoms with van der Waals surface area (Å²) in [6.07, 6.45) is 3.83. The number of ether oxygens (including phenoxy) is 1. The number of hydrogen-bond donors (Lipinski definition) is 1. The molecule has 1 unspecified atom stereocenters. The van der Waals surface area contributed by atoms with Gasteiger partial charge in [0.15, 0.2) is 0 Å². The van der Waals surface area contributed by atoms with Crippen molar-refractivity contribution in [3.05, 3.63) is 51.2 Å². The smallest absolute Gasteiger partial charge is 0.124 e. The third-order valence-electron chi connectivity index (χ3n) is 3.99. The molecule has 3 rings (SSSR count). The molecule has 0 radical (unpaired) electrons.